The molecule has 0 saturated heterocycles. The van der Waals surface area contributed by atoms with Gasteiger partial charge < -0.3 is 14.9 Å². The number of hydrogen-bond donors (Lipinski definition) is 2. The maximum atomic E-state index is 11.0. The van der Waals surface area contributed by atoms with E-state index >= 15 is 0 Å². The van der Waals surface area contributed by atoms with E-state index in [2.05, 4.69) is 68.2 Å². The van der Waals surface area contributed by atoms with Crippen molar-refractivity contribution >= 4 is 11.5 Å². The summed E-state index contributed by atoms with van der Waals surface area (Å²) in [6.45, 7) is 5.02. The molecule has 3 aromatic carbocycles. The molecule has 172 valence electrons. The van der Waals surface area contributed by atoms with Gasteiger partial charge in [-0.05, 0) is 69.5 Å². The smallest absolute Gasteiger partial charge is 0.335 e. The van der Waals surface area contributed by atoms with Crippen LogP contribution in [-0.4, -0.2) is 23.3 Å². The predicted molar refractivity (Wildman–Crippen MR) is 134 cm³/mol. The molecule has 3 aromatic rings. The fraction of sp³-hybridized carbons (Fsp3) is 0.233. The normalized spacial score (nSPS) is 14.9. The summed E-state index contributed by atoms with van der Waals surface area (Å²) in [6.07, 6.45) is 2.25. The number of methoxy groups -OCH3 is 1. The number of aliphatic hydroxyl groups excluding tert-OH is 1. The van der Waals surface area contributed by atoms with Gasteiger partial charge in [-0.2, -0.15) is 0 Å². The van der Waals surface area contributed by atoms with E-state index in [0.29, 0.717) is 12.2 Å². The zero-order valence-electron chi connectivity index (χ0n) is 19.6. The van der Waals surface area contributed by atoms with Crippen LogP contribution >= 0.6 is 0 Å². The number of rotatable bonds is 5. The van der Waals surface area contributed by atoms with Gasteiger partial charge in [0.05, 0.1) is 12.2 Å². The first-order valence-electron chi connectivity index (χ1n) is 11.2. The molecule has 4 heteroatoms. The molecule has 0 bridgehead atoms. The minimum absolute atomic E-state index is 0.0648. The third-order valence-corrected chi connectivity index (χ3v) is 6.26. The lowest BCUT2D eigenvalue weighted by Gasteiger charge is -2.33. The van der Waals surface area contributed by atoms with Crippen molar-refractivity contribution in [1.82, 2.24) is 0 Å². The van der Waals surface area contributed by atoms with Gasteiger partial charge in [-0.15, -0.1) is 0 Å². The van der Waals surface area contributed by atoms with Crippen LogP contribution in [0, 0.1) is 11.8 Å². The van der Waals surface area contributed by atoms with Gasteiger partial charge >= 0.3 is 5.97 Å². The Hall–Kier alpha value is -3.65. The molecule has 0 spiro atoms. The lowest BCUT2D eigenvalue weighted by molar-refractivity contribution is 0.0697. The number of carboxylic acids is 1. The Bertz CT molecular complexity index is 1290. The lowest BCUT2D eigenvalue weighted by Crippen LogP contribution is -2.22. The van der Waals surface area contributed by atoms with E-state index in [-0.39, 0.29) is 11.0 Å². The number of carbonyl (C=O) groups is 1. The average Bonchev–Trinajstić information content (AvgIpc) is 2.83. The first kappa shape index (κ1) is 23.5. The summed E-state index contributed by atoms with van der Waals surface area (Å²) < 4.78 is 5.22. The quantitative estimate of drug-likeness (QED) is 0.485. The Morgan fingerprint density at radius 1 is 1.06 bits per heavy atom. The maximum Gasteiger partial charge on any atom is 0.335 e. The van der Waals surface area contributed by atoms with Crippen molar-refractivity contribution in [3.05, 3.63) is 112 Å². The lowest BCUT2D eigenvalue weighted by atomic mass is 9.71. The van der Waals surface area contributed by atoms with Crippen LogP contribution in [0.25, 0.3) is 5.57 Å². The first-order valence-corrected chi connectivity index (χ1v) is 11.2. The van der Waals surface area contributed by atoms with Crippen molar-refractivity contribution in [2.75, 3.05) is 7.11 Å². The molecule has 0 heterocycles. The van der Waals surface area contributed by atoms with Gasteiger partial charge in [-0.1, -0.05) is 74.2 Å². The van der Waals surface area contributed by atoms with Gasteiger partial charge in [0.25, 0.3) is 0 Å². The maximum absolute atomic E-state index is 11.0. The monoisotopic (exact) mass is 452 g/mol. The van der Waals surface area contributed by atoms with Crippen LogP contribution in [0.4, 0.5) is 0 Å². The summed E-state index contributed by atoms with van der Waals surface area (Å²) >= 11 is 0. The highest BCUT2D eigenvalue weighted by atomic mass is 16.5. The Morgan fingerprint density at radius 3 is 2.41 bits per heavy atom. The van der Waals surface area contributed by atoms with Crippen molar-refractivity contribution in [2.24, 2.45) is 0 Å². The molecule has 0 radical (unpaired) electrons. The number of carboxylic acid groups (broad SMARTS) is 1. The minimum atomic E-state index is -0.976. The second-order valence-corrected chi connectivity index (χ2v) is 9.20. The topological polar surface area (TPSA) is 66.8 Å². The number of aromatic carboxylic acids is 1. The van der Waals surface area contributed by atoms with E-state index in [9.17, 15) is 9.90 Å². The van der Waals surface area contributed by atoms with Crippen molar-refractivity contribution < 1.29 is 19.7 Å². The molecule has 1 unspecified atom stereocenters. The van der Waals surface area contributed by atoms with E-state index < -0.39 is 12.1 Å². The molecular weight excluding hydrogens is 424 g/mol. The molecule has 0 aromatic heterocycles. The summed E-state index contributed by atoms with van der Waals surface area (Å²) in [5, 5.41) is 19.8. The predicted octanol–water partition coefficient (Wildman–Crippen LogP) is 5.73. The molecule has 4 nitrogen and oxygen atoms in total. The zero-order valence-corrected chi connectivity index (χ0v) is 19.6. The summed E-state index contributed by atoms with van der Waals surface area (Å²) in [5.41, 5.74) is 7.41. The molecule has 1 atom stereocenters. The molecule has 0 saturated carbocycles. The van der Waals surface area contributed by atoms with E-state index in [1.807, 2.05) is 6.07 Å². The Balaban J connectivity index is 1.62. The highest BCUT2D eigenvalue weighted by Gasteiger charge is 2.29. The van der Waals surface area contributed by atoms with E-state index in [1.54, 1.807) is 19.2 Å². The third-order valence-electron chi connectivity index (χ3n) is 6.26. The second kappa shape index (κ2) is 9.69. The van der Waals surface area contributed by atoms with Gasteiger partial charge in [0.2, 0.25) is 0 Å². The molecular formula is C30H28O4. The van der Waals surface area contributed by atoms with Crippen LogP contribution in [0.15, 0.2) is 72.8 Å². The fourth-order valence-electron chi connectivity index (χ4n) is 4.26. The average molecular weight is 453 g/mol. The standard InChI is InChI=1S/C30H28O4/c1-30(2)17-16-25(22-9-6-21(7-10-22)19-34-3)26-14-13-24(18-27(26)30)28(31)15-8-20-4-11-23(12-5-20)29(32)33/h4-7,9-14,16,18,28,31H,17,19H2,1-3H3,(H,32,33). The van der Waals surface area contributed by atoms with Crippen molar-refractivity contribution in [3.63, 3.8) is 0 Å². The number of aliphatic hydroxyl groups is 1. The summed E-state index contributed by atoms with van der Waals surface area (Å²) in [5.74, 6) is 4.86. The number of hydrogen-bond acceptors (Lipinski definition) is 3. The van der Waals surface area contributed by atoms with E-state index in [4.69, 9.17) is 9.84 Å². The van der Waals surface area contributed by atoms with Crippen LogP contribution in [0.2, 0.25) is 0 Å². The Kier molecular flexibility index (Phi) is 6.70. The molecule has 0 aliphatic heterocycles. The summed E-state index contributed by atoms with van der Waals surface area (Å²) in [4.78, 5) is 11.0. The largest absolute Gasteiger partial charge is 0.478 e. The SMILES string of the molecule is COCc1ccc(C2=CCC(C)(C)c3cc(C(O)C#Cc4ccc(C(=O)O)cc4)ccc32)cc1. The Morgan fingerprint density at radius 2 is 1.76 bits per heavy atom. The van der Waals surface area contributed by atoms with Gasteiger partial charge in [-0.25, -0.2) is 4.79 Å². The van der Waals surface area contributed by atoms with E-state index in [0.717, 1.165) is 23.1 Å². The molecule has 1 aliphatic carbocycles. The van der Waals surface area contributed by atoms with Gasteiger partial charge in [0.15, 0.2) is 0 Å². The van der Waals surface area contributed by atoms with Crippen LogP contribution in [0.5, 0.6) is 0 Å². The number of fused-ring (bicyclic) bond motifs is 1. The van der Waals surface area contributed by atoms with Crippen LogP contribution < -0.4 is 0 Å². The molecule has 1 aliphatic rings. The molecule has 4 rings (SSSR count). The zero-order chi connectivity index (χ0) is 24.3. The number of benzene rings is 3. The van der Waals surface area contributed by atoms with Crippen molar-refractivity contribution in [1.29, 1.82) is 0 Å². The van der Waals surface area contributed by atoms with Gasteiger partial charge in [0.1, 0.15) is 6.10 Å². The third kappa shape index (κ3) is 4.97. The van der Waals surface area contributed by atoms with Crippen LogP contribution in [0.3, 0.4) is 0 Å². The summed E-state index contributed by atoms with van der Waals surface area (Å²) in [7, 11) is 1.70. The Labute approximate surface area is 200 Å². The fourth-order valence-corrected chi connectivity index (χ4v) is 4.26. The van der Waals surface area contributed by atoms with Crippen LogP contribution in [-0.2, 0) is 16.8 Å². The van der Waals surface area contributed by atoms with E-state index in [1.165, 1.54) is 28.8 Å². The van der Waals surface area contributed by atoms with Crippen molar-refractivity contribution in [3.8, 4) is 11.8 Å². The van der Waals surface area contributed by atoms with Crippen molar-refractivity contribution in [2.45, 2.75) is 38.4 Å². The number of allylic oxidation sites excluding steroid dienone is 1. The first-order chi connectivity index (χ1) is 16.3. The highest BCUT2D eigenvalue weighted by Crippen LogP contribution is 2.42. The minimum Gasteiger partial charge on any atom is -0.478 e. The molecule has 0 amide bonds. The molecule has 0 fully saturated rings. The number of ether oxygens (including phenoxy) is 1. The van der Waals surface area contributed by atoms with Gasteiger partial charge in [0, 0.05) is 12.7 Å². The summed E-state index contributed by atoms with van der Waals surface area (Å²) in [6, 6.07) is 20.8. The molecule has 2 N–H and O–H groups in total. The van der Waals surface area contributed by atoms with Gasteiger partial charge in [-0.3, -0.25) is 0 Å². The van der Waals surface area contributed by atoms with Crippen LogP contribution in [0.1, 0.15) is 70.1 Å². The second-order valence-electron chi connectivity index (χ2n) is 9.20. The highest BCUT2D eigenvalue weighted by molar-refractivity contribution is 5.87. The molecule has 34 heavy (non-hydrogen) atoms.